The van der Waals surface area contributed by atoms with E-state index in [1.54, 1.807) is 6.07 Å². The lowest BCUT2D eigenvalue weighted by Crippen LogP contribution is -2.33. The second kappa shape index (κ2) is 6.30. The van der Waals surface area contributed by atoms with Gasteiger partial charge in [-0.05, 0) is 51.1 Å². The van der Waals surface area contributed by atoms with Gasteiger partial charge in [-0.2, -0.15) is 0 Å². The molecule has 1 fully saturated rings. The lowest BCUT2D eigenvalue weighted by atomic mass is 10.2. The molecule has 3 N–H and O–H groups in total. The van der Waals surface area contributed by atoms with Crippen molar-refractivity contribution in [3.8, 4) is 0 Å². The fraction of sp³-hybridized carbons (Fsp3) is 0.500. The van der Waals surface area contributed by atoms with Crippen LogP contribution in [0.5, 0.6) is 0 Å². The van der Waals surface area contributed by atoms with Crippen LogP contribution in [0.1, 0.15) is 25.3 Å². The second-order valence-corrected chi connectivity index (χ2v) is 5.55. The number of anilines is 1. The molecule has 104 valence electrons. The lowest BCUT2D eigenvalue weighted by molar-refractivity contribution is 0.328. The van der Waals surface area contributed by atoms with E-state index in [0.717, 1.165) is 12.2 Å². The minimum absolute atomic E-state index is 0.0918. The van der Waals surface area contributed by atoms with Gasteiger partial charge in [0.15, 0.2) is 0 Å². The first-order valence-corrected chi connectivity index (χ1v) is 7.05. The maximum atomic E-state index is 13.7. The SMILES string of the molecule is CC(CN1CCCC1)Nc1ccc(C(N)=S)c(F)c1. The molecule has 0 aromatic heterocycles. The Morgan fingerprint density at radius 3 is 2.74 bits per heavy atom. The number of nitrogens with zero attached hydrogens (tertiary/aromatic N) is 1. The summed E-state index contributed by atoms with van der Waals surface area (Å²) in [5, 5.41) is 3.31. The van der Waals surface area contributed by atoms with Gasteiger partial charge in [-0.1, -0.05) is 12.2 Å². The van der Waals surface area contributed by atoms with Crippen molar-refractivity contribution in [1.29, 1.82) is 0 Å². The van der Waals surface area contributed by atoms with Crippen LogP contribution in [0.3, 0.4) is 0 Å². The van der Waals surface area contributed by atoms with E-state index < -0.39 is 0 Å². The molecule has 2 rings (SSSR count). The number of likely N-dealkylation sites (tertiary alicyclic amines) is 1. The van der Waals surface area contributed by atoms with Gasteiger partial charge in [-0.25, -0.2) is 4.39 Å². The van der Waals surface area contributed by atoms with Crippen molar-refractivity contribution in [2.75, 3.05) is 25.0 Å². The highest BCUT2D eigenvalue weighted by atomic mass is 32.1. The van der Waals surface area contributed by atoms with Gasteiger partial charge in [0, 0.05) is 23.8 Å². The summed E-state index contributed by atoms with van der Waals surface area (Å²) < 4.78 is 13.7. The molecule has 0 amide bonds. The van der Waals surface area contributed by atoms with E-state index in [0.29, 0.717) is 5.56 Å². The molecule has 3 nitrogen and oxygen atoms in total. The molecule has 1 atom stereocenters. The maximum absolute atomic E-state index is 13.7. The number of rotatable bonds is 5. The van der Waals surface area contributed by atoms with Crippen LogP contribution in [0.2, 0.25) is 0 Å². The highest BCUT2D eigenvalue weighted by molar-refractivity contribution is 7.80. The average molecular weight is 281 g/mol. The average Bonchev–Trinajstić information content (AvgIpc) is 2.81. The molecule has 0 spiro atoms. The van der Waals surface area contributed by atoms with Crippen LogP contribution < -0.4 is 11.1 Å². The summed E-state index contributed by atoms with van der Waals surface area (Å²) in [7, 11) is 0. The van der Waals surface area contributed by atoms with Crippen LogP contribution in [0.25, 0.3) is 0 Å². The van der Waals surface area contributed by atoms with Gasteiger partial charge in [0.1, 0.15) is 10.8 Å². The van der Waals surface area contributed by atoms with Crippen LogP contribution in [-0.2, 0) is 0 Å². The number of halogens is 1. The van der Waals surface area contributed by atoms with Gasteiger partial charge in [0.25, 0.3) is 0 Å². The molecule has 0 bridgehead atoms. The third-order valence-corrected chi connectivity index (χ3v) is 3.60. The topological polar surface area (TPSA) is 41.3 Å². The summed E-state index contributed by atoms with van der Waals surface area (Å²) in [6.45, 7) is 5.43. The number of hydrogen-bond acceptors (Lipinski definition) is 3. The molecule has 1 saturated heterocycles. The number of benzene rings is 1. The molecule has 1 unspecified atom stereocenters. The van der Waals surface area contributed by atoms with Gasteiger partial charge in [0.05, 0.1) is 0 Å². The molecule has 0 aliphatic carbocycles. The first-order chi connectivity index (χ1) is 9.06. The van der Waals surface area contributed by atoms with Crippen LogP contribution in [-0.4, -0.2) is 35.6 Å². The number of nitrogens with one attached hydrogen (secondary N) is 1. The summed E-state index contributed by atoms with van der Waals surface area (Å²) in [6.07, 6.45) is 2.56. The smallest absolute Gasteiger partial charge is 0.135 e. The first-order valence-electron chi connectivity index (χ1n) is 6.64. The molecule has 1 aromatic carbocycles. The van der Waals surface area contributed by atoms with Crippen molar-refractivity contribution < 1.29 is 4.39 Å². The lowest BCUT2D eigenvalue weighted by Gasteiger charge is -2.22. The molecule has 19 heavy (non-hydrogen) atoms. The molecular weight excluding hydrogens is 261 g/mol. The van der Waals surface area contributed by atoms with E-state index >= 15 is 0 Å². The third-order valence-electron chi connectivity index (χ3n) is 3.38. The van der Waals surface area contributed by atoms with E-state index in [-0.39, 0.29) is 16.8 Å². The number of thiocarbonyl (C=S) groups is 1. The van der Waals surface area contributed by atoms with Crippen molar-refractivity contribution in [2.24, 2.45) is 5.73 Å². The van der Waals surface area contributed by atoms with Crippen molar-refractivity contribution in [3.63, 3.8) is 0 Å². The zero-order chi connectivity index (χ0) is 13.8. The van der Waals surface area contributed by atoms with Crippen LogP contribution in [0.4, 0.5) is 10.1 Å². The summed E-state index contributed by atoms with van der Waals surface area (Å²) in [5.41, 5.74) is 6.51. The Kier molecular flexibility index (Phi) is 4.71. The molecule has 0 radical (unpaired) electrons. The van der Waals surface area contributed by atoms with Gasteiger partial charge in [-0.15, -0.1) is 0 Å². The minimum atomic E-state index is -0.370. The molecule has 1 aromatic rings. The third kappa shape index (κ3) is 3.88. The van der Waals surface area contributed by atoms with E-state index in [9.17, 15) is 4.39 Å². The van der Waals surface area contributed by atoms with Crippen LogP contribution >= 0.6 is 12.2 Å². The molecule has 1 aliphatic heterocycles. The molecule has 0 saturated carbocycles. The molecular formula is C14H20FN3S. The normalized spacial score (nSPS) is 17.4. The predicted octanol–water partition coefficient (Wildman–Crippen LogP) is 2.36. The number of nitrogens with two attached hydrogens (primary N) is 1. The molecule has 1 heterocycles. The highest BCUT2D eigenvalue weighted by Crippen LogP contribution is 2.16. The Balaban J connectivity index is 1.94. The molecule has 5 heteroatoms. The predicted molar refractivity (Wildman–Crippen MR) is 81.0 cm³/mol. The zero-order valence-corrected chi connectivity index (χ0v) is 12.0. The van der Waals surface area contributed by atoms with Crippen molar-refractivity contribution >= 4 is 22.9 Å². The standard InChI is InChI=1S/C14H20FN3S/c1-10(9-18-6-2-3-7-18)17-11-4-5-12(14(16)19)13(15)8-11/h4-5,8,10,17H,2-3,6-7,9H2,1H3,(H2,16,19). The fourth-order valence-corrected chi connectivity index (χ4v) is 2.65. The van der Waals surface area contributed by atoms with E-state index in [4.69, 9.17) is 18.0 Å². The summed E-state index contributed by atoms with van der Waals surface area (Å²) in [5.74, 6) is -0.370. The first kappa shape index (κ1) is 14.2. The number of hydrogen-bond donors (Lipinski definition) is 2. The van der Waals surface area contributed by atoms with E-state index in [2.05, 4.69) is 17.1 Å². The van der Waals surface area contributed by atoms with Gasteiger partial charge in [-0.3, -0.25) is 0 Å². The summed E-state index contributed by atoms with van der Waals surface area (Å²) in [6, 6.07) is 5.18. The minimum Gasteiger partial charge on any atom is -0.389 e. The second-order valence-electron chi connectivity index (χ2n) is 5.11. The monoisotopic (exact) mass is 281 g/mol. The highest BCUT2D eigenvalue weighted by Gasteiger charge is 2.15. The van der Waals surface area contributed by atoms with E-state index in [1.807, 2.05) is 6.07 Å². The van der Waals surface area contributed by atoms with Gasteiger partial charge in [0.2, 0.25) is 0 Å². The van der Waals surface area contributed by atoms with Crippen LogP contribution in [0, 0.1) is 5.82 Å². The Morgan fingerprint density at radius 1 is 1.47 bits per heavy atom. The Bertz CT molecular complexity index is 458. The fourth-order valence-electron chi connectivity index (χ4n) is 2.49. The Labute approximate surface area is 119 Å². The Morgan fingerprint density at radius 2 is 2.16 bits per heavy atom. The van der Waals surface area contributed by atoms with Crippen LogP contribution in [0.15, 0.2) is 18.2 Å². The Hall–Kier alpha value is -1.20. The van der Waals surface area contributed by atoms with Gasteiger partial charge >= 0.3 is 0 Å². The molecule has 1 aliphatic rings. The van der Waals surface area contributed by atoms with Gasteiger partial charge < -0.3 is 16.0 Å². The summed E-state index contributed by atoms with van der Waals surface area (Å²) in [4.78, 5) is 2.52. The quantitative estimate of drug-likeness (QED) is 0.813. The zero-order valence-electron chi connectivity index (χ0n) is 11.2. The largest absolute Gasteiger partial charge is 0.389 e. The van der Waals surface area contributed by atoms with E-state index in [1.165, 1.54) is 32.0 Å². The summed E-state index contributed by atoms with van der Waals surface area (Å²) >= 11 is 4.79. The maximum Gasteiger partial charge on any atom is 0.135 e. The van der Waals surface area contributed by atoms with Crippen molar-refractivity contribution in [1.82, 2.24) is 4.90 Å². The van der Waals surface area contributed by atoms with Crippen molar-refractivity contribution in [3.05, 3.63) is 29.6 Å². The van der Waals surface area contributed by atoms with Crippen molar-refractivity contribution in [2.45, 2.75) is 25.8 Å².